The van der Waals surface area contributed by atoms with Gasteiger partial charge in [0.05, 0.1) is 5.56 Å². The van der Waals surface area contributed by atoms with Crippen LogP contribution in [0.25, 0.3) is 0 Å². The molecule has 0 aliphatic carbocycles. The number of anilines is 1. The highest BCUT2D eigenvalue weighted by atomic mass is 19.1. The van der Waals surface area contributed by atoms with Crippen molar-refractivity contribution in [3.63, 3.8) is 0 Å². The first-order chi connectivity index (χ1) is 7.20. The van der Waals surface area contributed by atoms with Gasteiger partial charge in [0.1, 0.15) is 17.3 Å². The topological polar surface area (TPSA) is 49.3 Å². The Balaban J connectivity index is 3.18. The number of benzene rings is 1. The average molecular weight is 229 g/mol. The highest BCUT2D eigenvalue weighted by Gasteiger charge is 2.18. The lowest BCUT2D eigenvalue weighted by atomic mass is 10.1. The van der Waals surface area contributed by atoms with E-state index >= 15 is 0 Å². The molecule has 0 saturated carbocycles. The molecule has 1 aromatic carbocycles. The summed E-state index contributed by atoms with van der Waals surface area (Å²) in [6, 6.07) is 1.58. The zero-order valence-electron chi connectivity index (χ0n) is 9.27. The monoisotopic (exact) mass is 229 g/mol. The molecule has 0 unspecified atom stereocenters. The van der Waals surface area contributed by atoms with E-state index in [0.29, 0.717) is 0 Å². The zero-order chi connectivity index (χ0) is 12.5. The fraction of sp³-hybridized carbons (Fsp3) is 0.364. The van der Waals surface area contributed by atoms with Gasteiger partial charge in [-0.25, -0.2) is 13.6 Å². The van der Waals surface area contributed by atoms with E-state index < -0.39 is 28.7 Å². The maximum atomic E-state index is 13.4. The van der Waals surface area contributed by atoms with Crippen molar-refractivity contribution in [2.24, 2.45) is 0 Å². The van der Waals surface area contributed by atoms with Gasteiger partial charge in [0.25, 0.3) is 0 Å². The lowest BCUT2D eigenvalue weighted by Gasteiger charge is -2.23. The van der Waals surface area contributed by atoms with Crippen LogP contribution in [0.2, 0.25) is 0 Å². The van der Waals surface area contributed by atoms with E-state index in [0.717, 1.165) is 12.1 Å². The second-order valence-electron chi connectivity index (χ2n) is 4.50. The Hall–Kier alpha value is -1.65. The smallest absolute Gasteiger partial charge is 0.335 e. The van der Waals surface area contributed by atoms with Gasteiger partial charge in [-0.3, -0.25) is 0 Å². The van der Waals surface area contributed by atoms with E-state index in [9.17, 15) is 13.6 Å². The van der Waals surface area contributed by atoms with Crippen molar-refractivity contribution in [1.29, 1.82) is 0 Å². The fourth-order valence-electron chi connectivity index (χ4n) is 1.19. The number of carboxylic acids is 1. The van der Waals surface area contributed by atoms with Crippen LogP contribution >= 0.6 is 0 Å². The zero-order valence-corrected chi connectivity index (χ0v) is 9.27. The molecule has 0 bridgehead atoms. The molecule has 3 nitrogen and oxygen atoms in total. The van der Waals surface area contributed by atoms with Crippen molar-refractivity contribution in [3.8, 4) is 0 Å². The SMILES string of the molecule is CC(C)(C)Nc1c(F)cc(C(=O)O)cc1F. The van der Waals surface area contributed by atoms with Crippen molar-refractivity contribution < 1.29 is 18.7 Å². The lowest BCUT2D eigenvalue weighted by molar-refractivity contribution is 0.0696. The molecule has 0 heterocycles. The van der Waals surface area contributed by atoms with E-state index in [4.69, 9.17) is 5.11 Å². The molecule has 0 saturated heterocycles. The fourth-order valence-corrected chi connectivity index (χ4v) is 1.19. The third kappa shape index (κ3) is 2.92. The molecular weight excluding hydrogens is 216 g/mol. The van der Waals surface area contributed by atoms with E-state index in [-0.39, 0.29) is 5.69 Å². The molecule has 0 spiro atoms. The molecule has 0 aromatic heterocycles. The minimum atomic E-state index is -1.36. The largest absolute Gasteiger partial charge is 0.478 e. The Labute approximate surface area is 92.1 Å². The number of halogens is 2. The summed E-state index contributed by atoms with van der Waals surface area (Å²) in [6.07, 6.45) is 0. The normalized spacial score (nSPS) is 11.3. The van der Waals surface area contributed by atoms with Gasteiger partial charge in [0.2, 0.25) is 0 Å². The molecule has 0 amide bonds. The highest BCUT2D eigenvalue weighted by Crippen LogP contribution is 2.24. The number of aromatic carboxylic acids is 1. The first-order valence-electron chi connectivity index (χ1n) is 4.71. The Morgan fingerprint density at radius 3 is 2.00 bits per heavy atom. The van der Waals surface area contributed by atoms with Crippen molar-refractivity contribution in [2.75, 3.05) is 5.32 Å². The number of hydrogen-bond donors (Lipinski definition) is 2. The quantitative estimate of drug-likeness (QED) is 0.819. The molecule has 0 radical (unpaired) electrons. The summed E-state index contributed by atoms with van der Waals surface area (Å²) in [5, 5.41) is 11.2. The van der Waals surface area contributed by atoms with Gasteiger partial charge in [0, 0.05) is 5.54 Å². The standard InChI is InChI=1S/C11H13F2NO2/c1-11(2,3)14-9-7(12)4-6(10(15)16)5-8(9)13/h4-5,14H,1-3H3,(H,15,16). The van der Waals surface area contributed by atoms with Crippen LogP contribution in [-0.2, 0) is 0 Å². The van der Waals surface area contributed by atoms with E-state index in [2.05, 4.69) is 5.32 Å². The molecule has 2 N–H and O–H groups in total. The number of nitrogens with one attached hydrogen (secondary N) is 1. The lowest BCUT2D eigenvalue weighted by Crippen LogP contribution is -2.27. The summed E-state index contributed by atoms with van der Waals surface area (Å²) >= 11 is 0. The minimum absolute atomic E-state index is 0.308. The van der Waals surface area contributed by atoms with E-state index in [1.807, 2.05) is 0 Å². The van der Waals surface area contributed by atoms with Crippen LogP contribution in [0, 0.1) is 11.6 Å². The molecule has 0 atom stereocenters. The van der Waals surface area contributed by atoms with Crippen LogP contribution < -0.4 is 5.32 Å². The Morgan fingerprint density at radius 1 is 1.25 bits per heavy atom. The number of hydrogen-bond acceptors (Lipinski definition) is 2. The van der Waals surface area contributed by atoms with Crippen molar-refractivity contribution in [3.05, 3.63) is 29.3 Å². The van der Waals surface area contributed by atoms with Gasteiger partial charge < -0.3 is 10.4 Å². The number of carbonyl (C=O) groups is 1. The number of rotatable bonds is 2. The van der Waals surface area contributed by atoms with Crippen LogP contribution in [0.4, 0.5) is 14.5 Å². The van der Waals surface area contributed by atoms with Crippen molar-refractivity contribution in [2.45, 2.75) is 26.3 Å². The van der Waals surface area contributed by atoms with Crippen molar-refractivity contribution >= 4 is 11.7 Å². The first kappa shape index (κ1) is 12.4. The Kier molecular flexibility index (Phi) is 3.16. The maximum Gasteiger partial charge on any atom is 0.335 e. The molecule has 5 heteroatoms. The molecule has 1 rings (SSSR count). The predicted molar refractivity (Wildman–Crippen MR) is 56.7 cm³/mol. The third-order valence-electron chi connectivity index (χ3n) is 1.79. The number of carboxylic acid groups (broad SMARTS) is 1. The molecule has 0 aliphatic rings. The van der Waals surface area contributed by atoms with Gasteiger partial charge >= 0.3 is 5.97 Å². The van der Waals surface area contributed by atoms with Crippen LogP contribution in [0.5, 0.6) is 0 Å². The van der Waals surface area contributed by atoms with Gasteiger partial charge in [-0.15, -0.1) is 0 Å². The Morgan fingerprint density at radius 2 is 1.69 bits per heavy atom. The van der Waals surface area contributed by atoms with E-state index in [1.165, 1.54) is 0 Å². The average Bonchev–Trinajstić information content (AvgIpc) is 2.09. The van der Waals surface area contributed by atoms with Crippen LogP contribution in [-0.4, -0.2) is 16.6 Å². The summed E-state index contributed by atoms with van der Waals surface area (Å²) in [7, 11) is 0. The summed E-state index contributed by atoms with van der Waals surface area (Å²) in [5.74, 6) is -3.18. The summed E-state index contributed by atoms with van der Waals surface area (Å²) in [4.78, 5) is 10.5. The molecule has 0 fully saturated rings. The van der Waals surface area contributed by atoms with Gasteiger partial charge in [-0.05, 0) is 32.9 Å². The second kappa shape index (κ2) is 4.08. The summed E-state index contributed by atoms with van der Waals surface area (Å²) in [5.41, 5.74) is -1.22. The molecule has 16 heavy (non-hydrogen) atoms. The van der Waals surface area contributed by atoms with Crippen LogP contribution in [0.15, 0.2) is 12.1 Å². The second-order valence-corrected chi connectivity index (χ2v) is 4.50. The van der Waals surface area contributed by atoms with Crippen LogP contribution in [0.1, 0.15) is 31.1 Å². The molecule has 0 aliphatic heterocycles. The third-order valence-corrected chi connectivity index (χ3v) is 1.79. The van der Waals surface area contributed by atoms with Gasteiger partial charge in [-0.1, -0.05) is 0 Å². The van der Waals surface area contributed by atoms with E-state index in [1.54, 1.807) is 20.8 Å². The minimum Gasteiger partial charge on any atom is -0.478 e. The first-order valence-corrected chi connectivity index (χ1v) is 4.71. The Bertz CT molecular complexity index is 401. The van der Waals surface area contributed by atoms with Gasteiger partial charge in [0.15, 0.2) is 0 Å². The molecular formula is C11H13F2NO2. The van der Waals surface area contributed by atoms with Crippen LogP contribution in [0.3, 0.4) is 0 Å². The van der Waals surface area contributed by atoms with Crippen molar-refractivity contribution in [1.82, 2.24) is 0 Å². The van der Waals surface area contributed by atoms with Gasteiger partial charge in [-0.2, -0.15) is 0 Å². The summed E-state index contributed by atoms with van der Waals surface area (Å²) < 4.78 is 26.9. The molecule has 88 valence electrons. The predicted octanol–water partition coefficient (Wildman–Crippen LogP) is 2.87. The maximum absolute atomic E-state index is 13.4. The highest BCUT2D eigenvalue weighted by molar-refractivity contribution is 5.88. The summed E-state index contributed by atoms with van der Waals surface area (Å²) in [6.45, 7) is 5.24. The molecule has 1 aromatic rings.